The van der Waals surface area contributed by atoms with Crippen molar-refractivity contribution in [3.8, 4) is 0 Å². The minimum absolute atomic E-state index is 0.487. The SMILES string of the molecule is C[C@H]1CCCC(F)C1. The van der Waals surface area contributed by atoms with E-state index in [0.717, 1.165) is 19.3 Å². The molecule has 0 N–H and O–H groups in total. The summed E-state index contributed by atoms with van der Waals surface area (Å²) in [5.41, 5.74) is 0. The van der Waals surface area contributed by atoms with Crippen molar-refractivity contribution < 1.29 is 4.39 Å². The Morgan fingerprint density at radius 2 is 2.12 bits per heavy atom. The van der Waals surface area contributed by atoms with Crippen molar-refractivity contribution in [1.82, 2.24) is 0 Å². The van der Waals surface area contributed by atoms with Crippen molar-refractivity contribution in [2.24, 2.45) is 5.92 Å². The van der Waals surface area contributed by atoms with Crippen LogP contribution in [0.1, 0.15) is 32.6 Å². The molecule has 0 aromatic rings. The van der Waals surface area contributed by atoms with Crippen molar-refractivity contribution >= 4 is 0 Å². The molecule has 1 saturated carbocycles. The van der Waals surface area contributed by atoms with Crippen LogP contribution in [0.4, 0.5) is 4.39 Å². The molecule has 0 nitrogen and oxygen atoms in total. The molecule has 1 rings (SSSR count). The Balaban J connectivity index is 2.23. The van der Waals surface area contributed by atoms with E-state index < -0.39 is 6.17 Å². The van der Waals surface area contributed by atoms with Crippen LogP contribution in [-0.2, 0) is 0 Å². The van der Waals surface area contributed by atoms with E-state index in [1.165, 1.54) is 6.42 Å². The smallest absolute Gasteiger partial charge is 0.100 e. The fourth-order valence-electron chi connectivity index (χ4n) is 1.36. The van der Waals surface area contributed by atoms with Gasteiger partial charge in [0.1, 0.15) is 6.17 Å². The molecule has 0 aromatic carbocycles. The van der Waals surface area contributed by atoms with Gasteiger partial charge in [0, 0.05) is 0 Å². The van der Waals surface area contributed by atoms with Gasteiger partial charge in [0.05, 0.1) is 0 Å². The van der Waals surface area contributed by atoms with Crippen LogP contribution < -0.4 is 0 Å². The van der Waals surface area contributed by atoms with Crippen LogP contribution in [-0.4, -0.2) is 6.17 Å². The third-order valence-electron chi connectivity index (χ3n) is 1.87. The molecule has 0 spiro atoms. The lowest BCUT2D eigenvalue weighted by Crippen LogP contribution is -2.12. The summed E-state index contributed by atoms with van der Waals surface area (Å²) in [5.74, 6) is 0.638. The summed E-state index contributed by atoms with van der Waals surface area (Å²) in [5, 5.41) is 0. The molecule has 2 atom stereocenters. The van der Waals surface area contributed by atoms with Crippen molar-refractivity contribution in [3.05, 3.63) is 0 Å². The quantitative estimate of drug-likeness (QED) is 0.456. The Morgan fingerprint density at radius 3 is 2.50 bits per heavy atom. The monoisotopic (exact) mass is 116 g/mol. The predicted molar refractivity (Wildman–Crippen MR) is 32.5 cm³/mol. The molecule has 1 aliphatic rings. The van der Waals surface area contributed by atoms with E-state index >= 15 is 0 Å². The second-order valence-electron chi connectivity index (χ2n) is 2.87. The van der Waals surface area contributed by atoms with Gasteiger partial charge in [-0.1, -0.05) is 19.8 Å². The summed E-state index contributed by atoms with van der Waals surface area (Å²) >= 11 is 0. The van der Waals surface area contributed by atoms with Crippen LogP contribution in [0.3, 0.4) is 0 Å². The second-order valence-corrected chi connectivity index (χ2v) is 2.87. The van der Waals surface area contributed by atoms with Gasteiger partial charge in [-0.15, -0.1) is 0 Å². The molecule has 0 heterocycles. The second kappa shape index (κ2) is 2.47. The first kappa shape index (κ1) is 6.06. The number of alkyl halides is 1. The Kier molecular flexibility index (Phi) is 1.87. The molecule has 1 unspecified atom stereocenters. The average molecular weight is 116 g/mol. The zero-order chi connectivity index (χ0) is 5.98. The van der Waals surface area contributed by atoms with Gasteiger partial charge in [-0.05, 0) is 18.8 Å². The van der Waals surface area contributed by atoms with E-state index in [1.807, 2.05) is 0 Å². The number of halogens is 1. The first-order chi connectivity index (χ1) is 3.79. The highest BCUT2D eigenvalue weighted by Gasteiger charge is 2.16. The third kappa shape index (κ3) is 1.46. The molecular formula is C7H13F. The largest absolute Gasteiger partial charge is 0.247 e. The Hall–Kier alpha value is -0.0700. The van der Waals surface area contributed by atoms with Gasteiger partial charge >= 0.3 is 0 Å². The topological polar surface area (TPSA) is 0 Å². The number of hydrogen-bond donors (Lipinski definition) is 0. The summed E-state index contributed by atoms with van der Waals surface area (Å²) in [6, 6.07) is 0. The van der Waals surface area contributed by atoms with E-state index in [2.05, 4.69) is 6.92 Å². The maximum absolute atomic E-state index is 12.4. The lowest BCUT2D eigenvalue weighted by molar-refractivity contribution is 0.208. The van der Waals surface area contributed by atoms with Crippen LogP contribution in [0.2, 0.25) is 0 Å². The van der Waals surface area contributed by atoms with E-state index in [-0.39, 0.29) is 0 Å². The lowest BCUT2D eigenvalue weighted by Gasteiger charge is -2.20. The summed E-state index contributed by atoms with van der Waals surface area (Å²) in [6.07, 6.45) is 3.46. The first-order valence-corrected chi connectivity index (χ1v) is 3.43. The van der Waals surface area contributed by atoms with Crippen LogP contribution in [0, 0.1) is 5.92 Å². The molecule has 8 heavy (non-hydrogen) atoms. The predicted octanol–water partition coefficient (Wildman–Crippen LogP) is 2.53. The van der Waals surface area contributed by atoms with Crippen molar-refractivity contribution in [1.29, 1.82) is 0 Å². The molecule has 0 aliphatic heterocycles. The zero-order valence-electron chi connectivity index (χ0n) is 5.36. The van der Waals surface area contributed by atoms with Gasteiger partial charge < -0.3 is 0 Å². The van der Waals surface area contributed by atoms with Crippen LogP contribution >= 0.6 is 0 Å². The average Bonchev–Trinajstić information content (AvgIpc) is 1.64. The van der Waals surface area contributed by atoms with Crippen molar-refractivity contribution in [2.45, 2.75) is 38.8 Å². The molecule has 1 aliphatic carbocycles. The Morgan fingerprint density at radius 1 is 1.38 bits per heavy atom. The summed E-state index contributed by atoms with van der Waals surface area (Å²) in [4.78, 5) is 0. The summed E-state index contributed by atoms with van der Waals surface area (Å²) in [6.45, 7) is 2.13. The standard InChI is InChI=1S/C7H13F/c1-6-3-2-4-7(8)5-6/h6-7H,2-5H2,1H3/t6-,7?/m0/s1. The van der Waals surface area contributed by atoms with Gasteiger partial charge in [-0.2, -0.15) is 0 Å². The van der Waals surface area contributed by atoms with E-state index in [9.17, 15) is 4.39 Å². The third-order valence-corrected chi connectivity index (χ3v) is 1.87. The highest BCUT2D eigenvalue weighted by Crippen LogP contribution is 2.25. The van der Waals surface area contributed by atoms with Gasteiger partial charge in [-0.3, -0.25) is 0 Å². The van der Waals surface area contributed by atoms with Gasteiger partial charge in [0.15, 0.2) is 0 Å². The van der Waals surface area contributed by atoms with Gasteiger partial charge in [0.2, 0.25) is 0 Å². The van der Waals surface area contributed by atoms with Crippen molar-refractivity contribution in [3.63, 3.8) is 0 Å². The maximum Gasteiger partial charge on any atom is 0.100 e. The maximum atomic E-state index is 12.4. The first-order valence-electron chi connectivity index (χ1n) is 3.43. The fraction of sp³-hybridized carbons (Fsp3) is 1.00. The Bertz CT molecular complexity index is 62.8. The van der Waals surface area contributed by atoms with E-state index in [1.54, 1.807) is 0 Å². The number of hydrogen-bond acceptors (Lipinski definition) is 0. The van der Waals surface area contributed by atoms with Crippen molar-refractivity contribution in [2.75, 3.05) is 0 Å². The highest BCUT2D eigenvalue weighted by atomic mass is 19.1. The molecule has 48 valence electrons. The molecule has 0 bridgehead atoms. The van der Waals surface area contributed by atoms with Gasteiger partial charge in [0.25, 0.3) is 0 Å². The lowest BCUT2D eigenvalue weighted by atomic mass is 9.90. The zero-order valence-corrected chi connectivity index (χ0v) is 5.36. The summed E-state index contributed by atoms with van der Waals surface area (Å²) < 4.78 is 12.4. The fourth-order valence-corrected chi connectivity index (χ4v) is 1.36. The van der Waals surface area contributed by atoms with E-state index in [0.29, 0.717) is 5.92 Å². The van der Waals surface area contributed by atoms with Crippen LogP contribution in [0.5, 0.6) is 0 Å². The highest BCUT2D eigenvalue weighted by molar-refractivity contribution is 4.68. The molecule has 0 amide bonds. The van der Waals surface area contributed by atoms with Gasteiger partial charge in [-0.25, -0.2) is 4.39 Å². The minimum atomic E-state index is -0.487. The summed E-state index contributed by atoms with van der Waals surface area (Å²) in [7, 11) is 0. The Labute approximate surface area is 50.1 Å². The molecule has 0 saturated heterocycles. The van der Waals surface area contributed by atoms with Crippen LogP contribution in [0.15, 0.2) is 0 Å². The molecule has 0 aromatic heterocycles. The normalized spacial score (nSPS) is 39.8. The van der Waals surface area contributed by atoms with E-state index in [4.69, 9.17) is 0 Å². The van der Waals surface area contributed by atoms with Crippen LogP contribution in [0.25, 0.3) is 0 Å². The molecule has 1 fully saturated rings. The molecule has 0 radical (unpaired) electrons. The number of rotatable bonds is 0. The molecular weight excluding hydrogens is 103 g/mol. The molecule has 1 heteroatoms. The minimum Gasteiger partial charge on any atom is -0.247 e.